The fourth-order valence-corrected chi connectivity index (χ4v) is 5.62. The summed E-state index contributed by atoms with van der Waals surface area (Å²) in [5.74, 6) is -1.34. The number of aliphatic hydroxyl groups excluding tert-OH is 3. The molecule has 2 aromatic carbocycles. The number of rotatable bonds is 27. The molecule has 3 amide bonds. The Morgan fingerprint density at radius 2 is 1.47 bits per heavy atom. The molecule has 0 unspecified atom stereocenters. The summed E-state index contributed by atoms with van der Waals surface area (Å²) in [5.41, 5.74) is 1.33. The van der Waals surface area contributed by atoms with Gasteiger partial charge in [-0.2, -0.15) is 0 Å². The zero-order chi connectivity index (χ0) is 41.3. The summed E-state index contributed by atoms with van der Waals surface area (Å²) in [4.78, 5) is 38.8. The summed E-state index contributed by atoms with van der Waals surface area (Å²) in [5, 5.41) is 42.0. The van der Waals surface area contributed by atoms with Crippen LogP contribution in [0.4, 0.5) is 4.79 Å². The number of hydrogen-bond donors (Lipinski definition) is 6. The van der Waals surface area contributed by atoms with Gasteiger partial charge in [0.25, 0.3) is 5.79 Å². The number of methoxy groups -OCH3 is 1. The highest BCUT2D eigenvalue weighted by Crippen LogP contribution is 2.35. The highest BCUT2D eigenvalue weighted by molar-refractivity contribution is 6.30. The fourth-order valence-electron chi connectivity index (χ4n) is 5.49. The molecule has 316 valence electrons. The summed E-state index contributed by atoms with van der Waals surface area (Å²) in [6, 6.07) is 13.3. The summed E-state index contributed by atoms with van der Waals surface area (Å²) >= 11 is 5.92. The Kier molecular flexibility index (Phi) is 22.4. The molecule has 6 atom stereocenters. The lowest BCUT2D eigenvalue weighted by atomic mass is 9.88. The van der Waals surface area contributed by atoms with Crippen LogP contribution < -0.4 is 16.0 Å². The van der Waals surface area contributed by atoms with Crippen molar-refractivity contribution in [3.05, 3.63) is 70.7 Å². The normalized spacial score (nSPS) is 20.2. The van der Waals surface area contributed by atoms with Crippen LogP contribution in [0.1, 0.15) is 17.5 Å². The Bertz CT molecular complexity index is 1500. The third-order valence-corrected chi connectivity index (χ3v) is 8.66. The zero-order valence-electron chi connectivity index (χ0n) is 32.0. The second-order valence-corrected chi connectivity index (χ2v) is 13.1. The maximum atomic E-state index is 13.2. The third-order valence-electron chi connectivity index (χ3n) is 8.40. The summed E-state index contributed by atoms with van der Waals surface area (Å²) in [7, 11) is 1.10. The second-order valence-electron chi connectivity index (χ2n) is 12.7. The van der Waals surface area contributed by atoms with Gasteiger partial charge in [0.15, 0.2) is 0 Å². The van der Waals surface area contributed by atoms with E-state index in [0.717, 1.165) is 7.11 Å². The number of amides is 3. The molecule has 57 heavy (non-hydrogen) atoms. The van der Waals surface area contributed by atoms with Crippen molar-refractivity contribution in [2.75, 3.05) is 86.3 Å². The van der Waals surface area contributed by atoms with Crippen molar-refractivity contribution in [2.45, 2.75) is 55.7 Å². The number of carbonyl (C=O) groups excluding carboxylic acids is 3. The van der Waals surface area contributed by atoms with Crippen LogP contribution in [0.2, 0.25) is 5.02 Å². The van der Waals surface area contributed by atoms with Gasteiger partial charge < -0.3 is 69.2 Å². The van der Waals surface area contributed by atoms with Crippen molar-refractivity contribution in [3.8, 4) is 12.3 Å². The van der Waals surface area contributed by atoms with E-state index in [4.69, 9.17) is 55.9 Å². The fraction of sp³-hybridized carbons (Fsp3) is 0.564. The number of carbonyl (C=O) groups is 3. The third kappa shape index (κ3) is 17.6. The van der Waals surface area contributed by atoms with Crippen molar-refractivity contribution >= 4 is 29.5 Å². The molecule has 17 nitrogen and oxygen atoms in total. The predicted octanol–water partition coefficient (Wildman–Crippen LogP) is 0.340. The molecule has 1 fully saturated rings. The number of halogens is 1. The van der Waals surface area contributed by atoms with Gasteiger partial charge in [0, 0.05) is 24.5 Å². The highest BCUT2D eigenvalue weighted by atomic mass is 35.5. The number of esters is 1. The zero-order valence-corrected chi connectivity index (χ0v) is 32.7. The largest absolute Gasteiger partial charge is 0.465 e. The van der Waals surface area contributed by atoms with E-state index in [9.17, 15) is 29.7 Å². The standard InChI is InChI=1S/C39H54ClN3O14/c1-3-14-51-16-18-53-20-22-55-23-21-54-19-17-52-15-13-41-38(49)43-34-31(44)25-39(37(48)50-2,56-27-29-7-5-4-6-8-29)57-36(34)35(47)32(45)26-42-33(46)24-28-9-11-30(40)12-10-28/h1,4-12,31-32,34-36,44-45,47H,13-27H2,2H3,(H,42,46)(H2,41,43,49)/t31-,32+,34+,35+,36+,39+/m0/s1. The molecule has 1 aliphatic rings. The number of terminal acetylenes is 1. The van der Waals surface area contributed by atoms with Crippen LogP contribution in [-0.2, 0) is 60.5 Å². The lowest BCUT2D eigenvalue weighted by molar-refractivity contribution is -0.314. The van der Waals surface area contributed by atoms with Gasteiger partial charge in [0.1, 0.15) is 18.8 Å². The number of benzene rings is 2. The quantitative estimate of drug-likeness (QED) is 0.0407. The lowest BCUT2D eigenvalue weighted by Gasteiger charge is -2.47. The van der Waals surface area contributed by atoms with Gasteiger partial charge in [-0.3, -0.25) is 4.79 Å². The van der Waals surface area contributed by atoms with E-state index < -0.39 is 67.1 Å². The number of hydrogen-bond acceptors (Lipinski definition) is 14. The van der Waals surface area contributed by atoms with Gasteiger partial charge in [-0.15, -0.1) is 6.42 Å². The molecule has 0 bridgehead atoms. The first-order chi connectivity index (χ1) is 27.6. The Hall–Kier alpha value is -3.90. The molecule has 18 heteroatoms. The Labute approximate surface area is 337 Å². The maximum Gasteiger partial charge on any atom is 0.366 e. The van der Waals surface area contributed by atoms with Gasteiger partial charge in [-0.25, -0.2) is 9.59 Å². The van der Waals surface area contributed by atoms with E-state index >= 15 is 0 Å². The van der Waals surface area contributed by atoms with Crippen LogP contribution in [0.15, 0.2) is 54.6 Å². The molecule has 0 saturated carbocycles. The van der Waals surface area contributed by atoms with Crippen molar-refractivity contribution in [1.29, 1.82) is 0 Å². The Morgan fingerprint density at radius 3 is 2.07 bits per heavy atom. The van der Waals surface area contributed by atoms with Gasteiger partial charge >= 0.3 is 12.0 Å². The number of aliphatic hydroxyl groups is 3. The minimum Gasteiger partial charge on any atom is -0.465 e. The summed E-state index contributed by atoms with van der Waals surface area (Å²) in [6.07, 6.45) is -2.17. The van der Waals surface area contributed by atoms with Crippen LogP contribution >= 0.6 is 11.6 Å². The first-order valence-electron chi connectivity index (χ1n) is 18.4. The molecule has 0 radical (unpaired) electrons. The van der Waals surface area contributed by atoms with E-state index in [2.05, 4.69) is 21.9 Å². The van der Waals surface area contributed by atoms with E-state index in [0.29, 0.717) is 62.4 Å². The van der Waals surface area contributed by atoms with E-state index in [-0.39, 0.29) is 39.4 Å². The summed E-state index contributed by atoms with van der Waals surface area (Å²) in [6.45, 7) is 2.80. The molecule has 0 aromatic heterocycles. The van der Waals surface area contributed by atoms with Crippen LogP contribution in [-0.4, -0.2) is 156 Å². The molecule has 1 heterocycles. The molecule has 1 saturated heterocycles. The molecule has 0 aliphatic carbocycles. The van der Waals surface area contributed by atoms with Crippen LogP contribution in [0.3, 0.4) is 0 Å². The molecule has 0 spiro atoms. The monoisotopic (exact) mass is 823 g/mol. The molecule has 3 rings (SSSR count). The molecular weight excluding hydrogens is 770 g/mol. The molecule has 1 aliphatic heterocycles. The van der Waals surface area contributed by atoms with Crippen molar-refractivity contribution in [2.24, 2.45) is 0 Å². The lowest BCUT2D eigenvalue weighted by Crippen LogP contribution is -2.69. The van der Waals surface area contributed by atoms with E-state index in [1.807, 2.05) is 0 Å². The van der Waals surface area contributed by atoms with E-state index in [1.54, 1.807) is 54.6 Å². The van der Waals surface area contributed by atoms with E-state index in [1.165, 1.54) is 0 Å². The van der Waals surface area contributed by atoms with Gasteiger partial charge in [0.2, 0.25) is 5.91 Å². The predicted molar refractivity (Wildman–Crippen MR) is 205 cm³/mol. The topological polar surface area (TPSA) is 222 Å². The second kappa shape index (κ2) is 26.9. The number of urea groups is 1. The average Bonchev–Trinajstić information content (AvgIpc) is 3.21. The van der Waals surface area contributed by atoms with Crippen LogP contribution in [0.25, 0.3) is 0 Å². The van der Waals surface area contributed by atoms with Crippen molar-refractivity contribution in [1.82, 2.24) is 16.0 Å². The van der Waals surface area contributed by atoms with Gasteiger partial charge in [0.05, 0.1) is 97.8 Å². The Balaban J connectivity index is 1.50. The molecular formula is C39H54ClN3O14. The molecule has 2 aromatic rings. The minimum absolute atomic E-state index is 0.0314. The smallest absolute Gasteiger partial charge is 0.366 e. The van der Waals surface area contributed by atoms with Crippen molar-refractivity contribution < 1.29 is 67.6 Å². The molecule has 6 N–H and O–H groups in total. The maximum absolute atomic E-state index is 13.2. The van der Waals surface area contributed by atoms with Gasteiger partial charge in [-0.1, -0.05) is 60.0 Å². The first kappa shape index (κ1) is 47.5. The highest BCUT2D eigenvalue weighted by Gasteiger charge is 2.56. The van der Waals surface area contributed by atoms with Crippen LogP contribution in [0.5, 0.6) is 0 Å². The number of ether oxygens (including phenoxy) is 8. The first-order valence-corrected chi connectivity index (χ1v) is 18.8. The minimum atomic E-state index is -2.24. The average molecular weight is 824 g/mol. The Morgan fingerprint density at radius 1 is 0.877 bits per heavy atom. The van der Waals surface area contributed by atoms with Gasteiger partial charge in [-0.05, 0) is 23.3 Å². The van der Waals surface area contributed by atoms with Crippen LogP contribution in [0, 0.1) is 12.3 Å². The number of nitrogens with one attached hydrogen (secondary N) is 3. The SMILES string of the molecule is C#CCOCCOCCOCCOCCOCCNC(=O)N[C@H]1[C@H]([C@H](O)[C@H](O)CNC(=O)Cc2ccc(Cl)cc2)O[C@@](OCc2ccccc2)(C(=O)OC)C[C@@H]1O. The summed E-state index contributed by atoms with van der Waals surface area (Å²) < 4.78 is 43.8. The van der Waals surface area contributed by atoms with Crippen molar-refractivity contribution in [3.63, 3.8) is 0 Å².